The molecule has 0 radical (unpaired) electrons. The minimum absolute atomic E-state index is 0.159. The van der Waals surface area contributed by atoms with Gasteiger partial charge in [-0.05, 0) is 62.3 Å². The molecule has 0 unspecified atom stereocenters. The van der Waals surface area contributed by atoms with Crippen molar-refractivity contribution >= 4 is 21.6 Å². The molecule has 0 saturated heterocycles. The summed E-state index contributed by atoms with van der Waals surface area (Å²) in [5.74, 6) is 0.628. The maximum atomic E-state index is 12.8. The standard InChI is InChI=1S/C15H20ClF3N2O2S/c16-13-6-5-12(15(17,18)19)7-14(13)24(22,23)21-9-11-3-1-10(8-20)2-4-11/h5-7,10-11,21H,1-4,8-9,20H2. The van der Waals surface area contributed by atoms with Crippen LogP contribution in [0.25, 0.3) is 0 Å². The molecule has 0 heterocycles. The molecule has 1 aromatic rings. The molecule has 1 aliphatic carbocycles. The highest BCUT2D eigenvalue weighted by Gasteiger charge is 2.33. The lowest BCUT2D eigenvalue weighted by Crippen LogP contribution is -2.32. The Morgan fingerprint density at radius 2 is 1.75 bits per heavy atom. The highest BCUT2D eigenvalue weighted by Crippen LogP contribution is 2.33. The molecule has 0 atom stereocenters. The maximum absolute atomic E-state index is 12.8. The van der Waals surface area contributed by atoms with Crippen LogP contribution in [0.15, 0.2) is 23.1 Å². The van der Waals surface area contributed by atoms with Crippen molar-refractivity contribution in [3.8, 4) is 0 Å². The Bertz CT molecular complexity index is 672. The molecule has 1 fully saturated rings. The van der Waals surface area contributed by atoms with Gasteiger partial charge in [-0.1, -0.05) is 11.6 Å². The second-order valence-electron chi connectivity index (χ2n) is 6.12. The molecule has 0 aromatic heterocycles. The lowest BCUT2D eigenvalue weighted by molar-refractivity contribution is -0.137. The summed E-state index contributed by atoms with van der Waals surface area (Å²) in [7, 11) is -4.10. The molecule has 2 rings (SSSR count). The second kappa shape index (κ2) is 7.59. The molecule has 0 amide bonds. The highest BCUT2D eigenvalue weighted by atomic mass is 35.5. The fraction of sp³-hybridized carbons (Fsp3) is 0.600. The van der Waals surface area contributed by atoms with E-state index in [-0.39, 0.29) is 17.5 Å². The predicted molar refractivity (Wildman–Crippen MR) is 86.1 cm³/mol. The monoisotopic (exact) mass is 384 g/mol. The summed E-state index contributed by atoms with van der Waals surface area (Å²) in [6.07, 6.45) is -1.06. The third-order valence-electron chi connectivity index (χ3n) is 4.41. The summed E-state index contributed by atoms with van der Waals surface area (Å²) >= 11 is 5.79. The van der Waals surface area contributed by atoms with Crippen molar-refractivity contribution in [2.45, 2.75) is 36.8 Å². The molecule has 9 heteroatoms. The van der Waals surface area contributed by atoms with E-state index in [4.69, 9.17) is 17.3 Å². The molecule has 136 valence electrons. The van der Waals surface area contributed by atoms with Crippen molar-refractivity contribution in [3.05, 3.63) is 28.8 Å². The lowest BCUT2D eigenvalue weighted by atomic mass is 9.82. The van der Waals surface area contributed by atoms with Crippen LogP contribution in [-0.2, 0) is 16.2 Å². The molecule has 3 N–H and O–H groups in total. The summed E-state index contributed by atoms with van der Waals surface area (Å²) in [5, 5.41) is -0.234. The number of hydrogen-bond acceptors (Lipinski definition) is 3. The molecule has 1 saturated carbocycles. The molecule has 0 aliphatic heterocycles. The quantitative estimate of drug-likeness (QED) is 0.817. The first-order chi connectivity index (χ1) is 11.1. The zero-order valence-electron chi connectivity index (χ0n) is 12.9. The minimum atomic E-state index is -4.63. The topological polar surface area (TPSA) is 72.2 Å². The van der Waals surface area contributed by atoms with Gasteiger partial charge in [0.2, 0.25) is 10.0 Å². The van der Waals surface area contributed by atoms with E-state index in [2.05, 4.69) is 4.72 Å². The van der Waals surface area contributed by atoms with Gasteiger partial charge in [0.05, 0.1) is 10.6 Å². The van der Waals surface area contributed by atoms with Gasteiger partial charge in [0.15, 0.2) is 0 Å². The third-order valence-corrected chi connectivity index (χ3v) is 6.31. The van der Waals surface area contributed by atoms with Crippen molar-refractivity contribution in [2.75, 3.05) is 13.1 Å². The van der Waals surface area contributed by atoms with Gasteiger partial charge in [-0.2, -0.15) is 13.2 Å². The smallest absolute Gasteiger partial charge is 0.330 e. The van der Waals surface area contributed by atoms with Crippen LogP contribution in [-0.4, -0.2) is 21.5 Å². The summed E-state index contributed by atoms with van der Waals surface area (Å²) in [4.78, 5) is -0.547. The third kappa shape index (κ3) is 4.84. The summed E-state index contributed by atoms with van der Waals surface area (Å²) in [6, 6.07) is 2.27. The normalized spacial score (nSPS) is 22.5. The van der Waals surface area contributed by atoms with Crippen molar-refractivity contribution < 1.29 is 21.6 Å². The van der Waals surface area contributed by atoms with Crippen molar-refractivity contribution in [3.63, 3.8) is 0 Å². The lowest BCUT2D eigenvalue weighted by Gasteiger charge is -2.27. The Morgan fingerprint density at radius 1 is 1.17 bits per heavy atom. The van der Waals surface area contributed by atoms with Crippen LogP contribution in [0.5, 0.6) is 0 Å². The van der Waals surface area contributed by atoms with Gasteiger partial charge < -0.3 is 5.73 Å². The van der Waals surface area contributed by atoms with E-state index in [0.717, 1.165) is 37.8 Å². The van der Waals surface area contributed by atoms with Crippen LogP contribution in [0.2, 0.25) is 5.02 Å². The van der Waals surface area contributed by atoms with Gasteiger partial charge in [-0.3, -0.25) is 0 Å². The predicted octanol–water partition coefficient (Wildman–Crippen LogP) is 3.40. The molecular weight excluding hydrogens is 365 g/mol. The van der Waals surface area contributed by atoms with Gasteiger partial charge in [0.1, 0.15) is 4.90 Å². The van der Waals surface area contributed by atoms with Gasteiger partial charge >= 0.3 is 6.18 Å². The van der Waals surface area contributed by atoms with Gasteiger partial charge in [-0.25, -0.2) is 13.1 Å². The SMILES string of the molecule is NCC1CCC(CNS(=O)(=O)c2cc(C(F)(F)F)ccc2Cl)CC1. The van der Waals surface area contributed by atoms with Crippen LogP contribution < -0.4 is 10.5 Å². The number of rotatable bonds is 5. The van der Waals surface area contributed by atoms with E-state index in [1.807, 2.05) is 0 Å². The van der Waals surface area contributed by atoms with Crippen molar-refractivity contribution in [1.82, 2.24) is 4.72 Å². The van der Waals surface area contributed by atoms with E-state index in [1.165, 1.54) is 0 Å². The fourth-order valence-electron chi connectivity index (χ4n) is 2.86. The maximum Gasteiger partial charge on any atom is 0.416 e. The van der Waals surface area contributed by atoms with E-state index >= 15 is 0 Å². The number of benzene rings is 1. The van der Waals surface area contributed by atoms with Crippen LogP contribution in [0.4, 0.5) is 13.2 Å². The zero-order chi connectivity index (χ0) is 18.0. The number of sulfonamides is 1. The molecule has 0 bridgehead atoms. The number of nitrogens with one attached hydrogen (secondary N) is 1. The van der Waals surface area contributed by atoms with Crippen LogP contribution in [0, 0.1) is 11.8 Å². The zero-order valence-corrected chi connectivity index (χ0v) is 14.5. The first-order valence-electron chi connectivity index (χ1n) is 7.70. The first-order valence-corrected chi connectivity index (χ1v) is 9.56. The highest BCUT2D eigenvalue weighted by molar-refractivity contribution is 7.89. The molecule has 1 aromatic carbocycles. The Labute approximate surface area is 144 Å². The average Bonchev–Trinajstić information content (AvgIpc) is 2.52. The molecule has 0 spiro atoms. The van der Waals surface area contributed by atoms with E-state index in [1.54, 1.807) is 0 Å². The second-order valence-corrected chi connectivity index (χ2v) is 8.26. The molecule has 4 nitrogen and oxygen atoms in total. The largest absolute Gasteiger partial charge is 0.416 e. The van der Waals surface area contributed by atoms with Gasteiger partial charge in [0, 0.05) is 6.54 Å². The van der Waals surface area contributed by atoms with Crippen LogP contribution in [0.1, 0.15) is 31.2 Å². The number of alkyl halides is 3. The van der Waals surface area contributed by atoms with E-state index in [9.17, 15) is 21.6 Å². The van der Waals surface area contributed by atoms with E-state index < -0.39 is 26.7 Å². The first kappa shape index (κ1) is 19.5. The fourth-order valence-corrected chi connectivity index (χ4v) is 4.50. The van der Waals surface area contributed by atoms with Crippen molar-refractivity contribution in [1.29, 1.82) is 0 Å². The van der Waals surface area contributed by atoms with Gasteiger partial charge in [-0.15, -0.1) is 0 Å². The Hall–Kier alpha value is -0.830. The summed E-state index contributed by atoms with van der Waals surface area (Å²) in [5.41, 5.74) is 4.57. The molecule has 1 aliphatic rings. The Balaban J connectivity index is 2.08. The molecule has 24 heavy (non-hydrogen) atoms. The van der Waals surface area contributed by atoms with E-state index in [0.29, 0.717) is 18.5 Å². The Kier molecular flexibility index (Phi) is 6.17. The number of nitrogens with two attached hydrogens (primary N) is 1. The molecular formula is C15H20ClF3N2O2S. The summed E-state index contributed by atoms with van der Waals surface area (Å²) < 4.78 is 65.3. The number of halogens is 4. The Morgan fingerprint density at radius 3 is 2.29 bits per heavy atom. The minimum Gasteiger partial charge on any atom is -0.330 e. The number of hydrogen-bond donors (Lipinski definition) is 2. The van der Waals surface area contributed by atoms with Crippen LogP contribution >= 0.6 is 11.6 Å². The average molecular weight is 385 g/mol. The summed E-state index contributed by atoms with van der Waals surface area (Å²) in [6.45, 7) is 0.810. The van der Waals surface area contributed by atoms with Crippen molar-refractivity contribution in [2.24, 2.45) is 17.6 Å². The van der Waals surface area contributed by atoms with Crippen LogP contribution in [0.3, 0.4) is 0 Å². The van der Waals surface area contributed by atoms with Gasteiger partial charge in [0.25, 0.3) is 0 Å².